The van der Waals surface area contributed by atoms with Crippen molar-refractivity contribution < 1.29 is 14.7 Å². The van der Waals surface area contributed by atoms with Gasteiger partial charge in [-0.2, -0.15) is 0 Å². The van der Waals surface area contributed by atoms with Crippen molar-refractivity contribution in [1.29, 1.82) is 0 Å². The molecular weight excluding hydrogens is 268 g/mol. The molecule has 0 aliphatic rings. The SMILES string of the molecule is CCN(CCO)CC(=O)NC(Cc1ccccc1)C(C)=O. The topological polar surface area (TPSA) is 69.6 Å². The Labute approximate surface area is 126 Å². The van der Waals surface area contributed by atoms with Gasteiger partial charge in [-0.1, -0.05) is 37.3 Å². The number of nitrogens with zero attached hydrogens (tertiary/aromatic N) is 1. The highest BCUT2D eigenvalue weighted by atomic mass is 16.3. The largest absolute Gasteiger partial charge is 0.395 e. The Kier molecular flexibility index (Phi) is 7.64. The summed E-state index contributed by atoms with van der Waals surface area (Å²) in [5.74, 6) is -0.251. The van der Waals surface area contributed by atoms with Crippen LogP contribution in [0.15, 0.2) is 30.3 Å². The minimum absolute atomic E-state index is 0.0152. The Balaban J connectivity index is 2.58. The number of carbonyl (C=O) groups is 2. The fourth-order valence-electron chi connectivity index (χ4n) is 2.08. The molecule has 0 heterocycles. The van der Waals surface area contributed by atoms with Gasteiger partial charge in [-0.15, -0.1) is 0 Å². The second-order valence-electron chi connectivity index (χ2n) is 5.01. The van der Waals surface area contributed by atoms with Crippen LogP contribution < -0.4 is 5.32 Å². The lowest BCUT2D eigenvalue weighted by Gasteiger charge is -2.21. The zero-order valence-corrected chi connectivity index (χ0v) is 12.7. The molecule has 1 amide bonds. The molecule has 1 atom stereocenters. The quantitative estimate of drug-likeness (QED) is 0.700. The maximum atomic E-state index is 12.0. The van der Waals surface area contributed by atoms with Crippen molar-refractivity contribution in [1.82, 2.24) is 10.2 Å². The highest BCUT2D eigenvalue weighted by molar-refractivity contribution is 5.88. The van der Waals surface area contributed by atoms with Crippen LogP contribution in [0.5, 0.6) is 0 Å². The number of carbonyl (C=O) groups excluding carboxylic acids is 2. The zero-order chi connectivity index (χ0) is 15.7. The second-order valence-corrected chi connectivity index (χ2v) is 5.01. The van der Waals surface area contributed by atoms with Crippen LogP contribution in [0.4, 0.5) is 0 Å². The first-order valence-electron chi connectivity index (χ1n) is 7.23. The van der Waals surface area contributed by atoms with Crippen LogP contribution in [0.1, 0.15) is 19.4 Å². The smallest absolute Gasteiger partial charge is 0.234 e. The second kappa shape index (κ2) is 9.26. The Hall–Kier alpha value is -1.72. The highest BCUT2D eigenvalue weighted by Gasteiger charge is 2.18. The third-order valence-electron chi connectivity index (χ3n) is 3.34. The number of benzene rings is 1. The van der Waals surface area contributed by atoms with Crippen LogP contribution in [0, 0.1) is 0 Å². The summed E-state index contributed by atoms with van der Waals surface area (Å²) in [5.41, 5.74) is 1.01. The number of nitrogens with one attached hydrogen (secondary N) is 1. The molecule has 2 N–H and O–H groups in total. The predicted molar refractivity (Wildman–Crippen MR) is 82.0 cm³/mol. The molecule has 5 nitrogen and oxygen atoms in total. The Bertz CT molecular complexity index is 448. The van der Waals surface area contributed by atoms with Crippen LogP contribution >= 0.6 is 0 Å². The van der Waals surface area contributed by atoms with Gasteiger partial charge in [0.05, 0.1) is 19.2 Å². The Morgan fingerprint density at radius 1 is 1.29 bits per heavy atom. The van der Waals surface area contributed by atoms with Crippen molar-refractivity contribution in [3.8, 4) is 0 Å². The van der Waals surface area contributed by atoms with E-state index in [1.807, 2.05) is 42.2 Å². The molecule has 5 heteroatoms. The van der Waals surface area contributed by atoms with Crippen molar-refractivity contribution in [3.63, 3.8) is 0 Å². The molecule has 0 bridgehead atoms. The van der Waals surface area contributed by atoms with Crippen LogP contribution in [0.3, 0.4) is 0 Å². The van der Waals surface area contributed by atoms with Gasteiger partial charge in [0.15, 0.2) is 5.78 Å². The van der Waals surface area contributed by atoms with Crippen LogP contribution in [0.25, 0.3) is 0 Å². The molecule has 0 spiro atoms. The van der Waals surface area contributed by atoms with Gasteiger partial charge in [0.1, 0.15) is 0 Å². The average molecular weight is 292 g/mol. The average Bonchev–Trinajstić information content (AvgIpc) is 2.47. The van der Waals surface area contributed by atoms with Crippen molar-refractivity contribution in [2.45, 2.75) is 26.3 Å². The van der Waals surface area contributed by atoms with Gasteiger partial charge in [0.25, 0.3) is 0 Å². The van der Waals surface area contributed by atoms with Crippen LogP contribution in [-0.4, -0.2) is 54.0 Å². The van der Waals surface area contributed by atoms with E-state index < -0.39 is 6.04 Å². The van der Waals surface area contributed by atoms with E-state index in [9.17, 15) is 9.59 Å². The first-order chi connectivity index (χ1) is 10.1. The number of rotatable bonds is 9. The van der Waals surface area contributed by atoms with Crippen molar-refractivity contribution in [2.75, 3.05) is 26.2 Å². The summed E-state index contributed by atoms with van der Waals surface area (Å²) in [5, 5.41) is 11.7. The third-order valence-corrected chi connectivity index (χ3v) is 3.34. The molecule has 0 aliphatic carbocycles. The fraction of sp³-hybridized carbons (Fsp3) is 0.500. The normalized spacial score (nSPS) is 12.2. The minimum atomic E-state index is -0.507. The lowest BCUT2D eigenvalue weighted by Crippen LogP contribution is -2.46. The minimum Gasteiger partial charge on any atom is -0.395 e. The first-order valence-corrected chi connectivity index (χ1v) is 7.23. The number of Topliss-reactive ketones (excluding diaryl/α,β-unsaturated/α-hetero) is 1. The van der Waals surface area contributed by atoms with Crippen molar-refractivity contribution in [3.05, 3.63) is 35.9 Å². The summed E-state index contributed by atoms with van der Waals surface area (Å²) in [4.78, 5) is 25.5. The van der Waals surface area contributed by atoms with E-state index in [1.165, 1.54) is 6.92 Å². The lowest BCUT2D eigenvalue weighted by atomic mass is 10.0. The van der Waals surface area contributed by atoms with Gasteiger partial charge in [-0.05, 0) is 25.5 Å². The summed E-state index contributed by atoms with van der Waals surface area (Å²) in [6, 6.07) is 9.10. The fourth-order valence-corrected chi connectivity index (χ4v) is 2.08. The van der Waals surface area contributed by atoms with E-state index in [0.717, 1.165) is 5.56 Å². The Morgan fingerprint density at radius 3 is 2.48 bits per heavy atom. The lowest BCUT2D eigenvalue weighted by molar-refractivity contribution is -0.127. The number of hydrogen-bond acceptors (Lipinski definition) is 4. The van der Waals surface area contributed by atoms with E-state index in [-0.39, 0.29) is 24.8 Å². The summed E-state index contributed by atoms with van der Waals surface area (Å²) in [7, 11) is 0. The van der Waals surface area contributed by atoms with Crippen LogP contribution in [0.2, 0.25) is 0 Å². The van der Waals surface area contributed by atoms with E-state index in [0.29, 0.717) is 19.5 Å². The monoisotopic (exact) mass is 292 g/mol. The number of aliphatic hydroxyl groups is 1. The highest BCUT2D eigenvalue weighted by Crippen LogP contribution is 2.04. The number of hydrogen-bond donors (Lipinski definition) is 2. The van der Waals surface area contributed by atoms with E-state index >= 15 is 0 Å². The van der Waals surface area contributed by atoms with Gasteiger partial charge >= 0.3 is 0 Å². The van der Waals surface area contributed by atoms with Gasteiger partial charge in [0.2, 0.25) is 5.91 Å². The number of ketones is 1. The third kappa shape index (κ3) is 6.51. The van der Waals surface area contributed by atoms with Gasteiger partial charge in [0, 0.05) is 6.54 Å². The summed E-state index contributed by atoms with van der Waals surface area (Å²) in [6.45, 7) is 4.75. The van der Waals surface area contributed by atoms with Gasteiger partial charge < -0.3 is 10.4 Å². The van der Waals surface area contributed by atoms with Crippen molar-refractivity contribution >= 4 is 11.7 Å². The van der Waals surface area contributed by atoms with E-state index in [4.69, 9.17) is 5.11 Å². The molecule has 0 aliphatic heterocycles. The molecule has 0 radical (unpaired) electrons. The number of amides is 1. The number of aliphatic hydroxyl groups excluding tert-OH is 1. The maximum absolute atomic E-state index is 12.0. The summed E-state index contributed by atoms with van der Waals surface area (Å²) >= 11 is 0. The zero-order valence-electron chi connectivity index (χ0n) is 12.7. The molecule has 1 unspecified atom stereocenters. The van der Waals surface area contributed by atoms with E-state index in [2.05, 4.69) is 5.32 Å². The molecule has 0 fully saturated rings. The molecule has 0 saturated heterocycles. The maximum Gasteiger partial charge on any atom is 0.234 e. The van der Waals surface area contributed by atoms with Gasteiger partial charge in [-0.25, -0.2) is 0 Å². The predicted octanol–water partition coefficient (Wildman–Crippen LogP) is 0.617. The molecule has 1 aromatic rings. The number of likely N-dealkylation sites (N-methyl/N-ethyl adjacent to an activating group) is 1. The summed E-state index contributed by atoms with van der Waals surface area (Å²) < 4.78 is 0. The Morgan fingerprint density at radius 2 is 1.95 bits per heavy atom. The molecular formula is C16H24N2O3. The first kappa shape index (κ1) is 17.3. The van der Waals surface area contributed by atoms with Gasteiger partial charge in [-0.3, -0.25) is 14.5 Å². The standard InChI is InChI=1S/C16H24N2O3/c1-3-18(9-10-19)12-16(21)17-15(13(2)20)11-14-7-5-4-6-8-14/h4-8,15,19H,3,9-12H2,1-2H3,(H,17,21). The van der Waals surface area contributed by atoms with Crippen LogP contribution in [-0.2, 0) is 16.0 Å². The summed E-state index contributed by atoms with van der Waals surface area (Å²) in [6.07, 6.45) is 0.494. The molecule has 0 aromatic heterocycles. The molecule has 1 aromatic carbocycles. The molecule has 21 heavy (non-hydrogen) atoms. The molecule has 1 rings (SSSR count). The molecule has 0 saturated carbocycles. The van der Waals surface area contributed by atoms with E-state index in [1.54, 1.807) is 0 Å². The molecule has 116 valence electrons. The van der Waals surface area contributed by atoms with Crippen molar-refractivity contribution in [2.24, 2.45) is 0 Å².